The van der Waals surface area contributed by atoms with E-state index in [1.807, 2.05) is 20.8 Å². The van der Waals surface area contributed by atoms with Gasteiger partial charge in [0.05, 0.1) is 0 Å². The van der Waals surface area contributed by atoms with Gasteiger partial charge < -0.3 is 5.11 Å². The average Bonchev–Trinajstić information content (AvgIpc) is 2.13. The van der Waals surface area contributed by atoms with Crippen LogP contribution in [0.25, 0.3) is 0 Å². The van der Waals surface area contributed by atoms with E-state index in [1.165, 1.54) is 12.1 Å². The molecule has 0 spiro atoms. The molecule has 1 nitrogen and oxygen atoms in total. The van der Waals surface area contributed by atoms with Crippen LogP contribution in [-0.2, 0) is 11.3 Å². The van der Waals surface area contributed by atoms with Gasteiger partial charge in [-0.3, -0.25) is 0 Å². The summed E-state index contributed by atoms with van der Waals surface area (Å²) in [7, 11) is 0. The largest absolute Gasteiger partial charge is 0.384 e. The molecule has 0 aliphatic carbocycles. The lowest BCUT2D eigenvalue weighted by Gasteiger charge is -2.30. The van der Waals surface area contributed by atoms with Crippen molar-refractivity contribution in [3.8, 4) is 0 Å². The lowest BCUT2D eigenvalue weighted by Crippen LogP contribution is -2.40. The van der Waals surface area contributed by atoms with Gasteiger partial charge in [-0.1, -0.05) is 32.4 Å². The third-order valence-electron chi connectivity index (χ3n) is 2.89. The molecule has 0 aliphatic heterocycles. The van der Waals surface area contributed by atoms with E-state index >= 15 is 0 Å². The Hall–Kier alpha value is -0.670. The minimum absolute atomic E-state index is 0.251. The number of rotatable bonds is 2. The van der Waals surface area contributed by atoms with Gasteiger partial charge in [-0.05, 0) is 43.0 Å². The first-order chi connectivity index (χ1) is 7.85. The predicted octanol–water partition coefficient (Wildman–Crippen LogP) is 4.50. The lowest BCUT2D eigenvalue weighted by atomic mass is 9.84. The third-order valence-corrected chi connectivity index (χ3v) is 3.11. The fraction of sp³-hybridized carbons (Fsp3) is 0.571. The van der Waals surface area contributed by atoms with Gasteiger partial charge in [0.15, 0.2) is 0 Å². The molecule has 1 aromatic rings. The smallest absolute Gasteiger partial charge is 0.300 e. The van der Waals surface area contributed by atoms with Crippen molar-refractivity contribution in [2.75, 3.05) is 0 Å². The molecule has 0 atom stereocenters. The second-order valence-electron chi connectivity index (χ2n) is 6.11. The molecule has 0 aromatic heterocycles. The van der Waals surface area contributed by atoms with Crippen LogP contribution in [0.2, 0.25) is 5.02 Å². The van der Waals surface area contributed by atoms with Crippen LogP contribution in [0.4, 0.5) is 8.78 Å². The normalized spacial score (nSPS) is 13.8. The van der Waals surface area contributed by atoms with Crippen LogP contribution < -0.4 is 0 Å². The molecule has 4 heteroatoms. The Morgan fingerprint density at radius 2 is 1.39 bits per heavy atom. The maximum atomic E-state index is 14.1. The van der Waals surface area contributed by atoms with Crippen molar-refractivity contribution in [1.82, 2.24) is 0 Å². The maximum absolute atomic E-state index is 14.1. The first-order valence-corrected chi connectivity index (χ1v) is 6.15. The Kier molecular flexibility index (Phi) is 3.81. The molecular weight excluding hydrogens is 258 g/mol. The van der Waals surface area contributed by atoms with Crippen molar-refractivity contribution >= 4 is 11.6 Å². The number of hydrogen-bond donors (Lipinski definition) is 1. The molecule has 1 N–H and O–H groups in total. The van der Waals surface area contributed by atoms with Crippen molar-refractivity contribution in [2.45, 2.75) is 51.6 Å². The summed E-state index contributed by atoms with van der Waals surface area (Å²) in [5.74, 6) is -3.35. The molecule has 0 heterocycles. The quantitative estimate of drug-likeness (QED) is 0.843. The number of hydrogen-bond acceptors (Lipinski definition) is 1. The second kappa shape index (κ2) is 4.46. The van der Waals surface area contributed by atoms with E-state index in [2.05, 4.69) is 0 Å². The summed E-state index contributed by atoms with van der Waals surface area (Å²) in [5, 5.41) is 9.84. The summed E-state index contributed by atoms with van der Waals surface area (Å²) in [6.45, 7) is 7.94. The van der Waals surface area contributed by atoms with E-state index in [-0.39, 0.29) is 16.0 Å². The zero-order chi connectivity index (χ0) is 14.4. The molecular formula is C14H19ClF2O. The van der Waals surface area contributed by atoms with Crippen LogP contribution >= 0.6 is 11.6 Å². The molecule has 0 bridgehead atoms. The number of halogens is 3. The van der Waals surface area contributed by atoms with Gasteiger partial charge in [0, 0.05) is 10.6 Å². The molecule has 1 aromatic carbocycles. The SMILES string of the molecule is CC(C)(C)c1cc(Cl)cc(C(F)(F)C(C)(C)O)c1. The summed E-state index contributed by atoms with van der Waals surface area (Å²) in [4.78, 5) is 0. The molecule has 1 rings (SSSR count). The molecule has 0 aliphatic rings. The first kappa shape index (κ1) is 15.4. The Morgan fingerprint density at radius 1 is 0.944 bits per heavy atom. The summed E-state index contributed by atoms with van der Waals surface area (Å²) in [6.07, 6.45) is 0. The van der Waals surface area contributed by atoms with E-state index in [9.17, 15) is 13.9 Å². The minimum atomic E-state index is -3.35. The summed E-state index contributed by atoms with van der Waals surface area (Å²) >= 11 is 5.90. The number of alkyl halides is 2. The van der Waals surface area contributed by atoms with Gasteiger partial charge in [-0.2, -0.15) is 8.78 Å². The van der Waals surface area contributed by atoms with Crippen LogP contribution in [0.5, 0.6) is 0 Å². The van der Waals surface area contributed by atoms with Crippen LogP contribution in [-0.4, -0.2) is 10.7 Å². The van der Waals surface area contributed by atoms with Gasteiger partial charge in [-0.15, -0.1) is 0 Å². The van der Waals surface area contributed by atoms with E-state index in [1.54, 1.807) is 6.07 Å². The zero-order valence-corrected chi connectivity index (χ0v) is 12.1. The molecule has 0 unspecified atom stereocenters. The topological polar surface area (TPSA) is 20.2 Å². The van der Waals surface area contributed by atoms with Crippen molar-refractivity contribution < 1.29 is 13.9 Å². The van der Waals surface area contributed by atoms with Gasteiger partial charge in [0.25, 0.3) is 0 Å². The summed E-state index contributed by atoms with van der Waals surface area (Å²) in [5.41, 5.74) is -1.95. The van der Waals surface area contributed by atoms with E-state index in [4.69, 9.17) is 11.6 Å². The Morgan fingerprint density at radius 3 is 1.78 bits per heavy atom. The van der Waals surface area contributed by atoms with E-state index in [0.717, 1.165) is 13.8 Å². The number of benzene rings is 1. The molecule has 0 fully saturated rings. The van der Waals surface area contributed by atoms with Crippen LogP contribution in [0.3, 0.4) is 0 Å². The molecule has 18 heavy (non-hydrogen) atoms. The number of aliphatic hydroxyl groups is 1. The van der Waals surface area contributed by atoms with Gasteiger partial charge in [0.2, 0.25) is 0 Å². The van der Waals surface area contributed by atoms with Gasteiger partial charge >= 0.3 is 5.92 Å². The lowest BCUT2D eigenvalue weighted by molar-refractivity contribution is -0.168. The highest BCUT2D eigenvalue weighted by atomic mass is 35.5. The molecule has 0 amide bonds. The minimum Gasteiger partial charge on any atom is -0.384 e. The van der Waals surface area contributed by atoms with Crippen molar-refractivity contribution in [2.24, 2.45) is 0 Å². The molecule has 0 saturated heterocycles. The molecule has 102 valence electrons. The fourth-order valence-corrected chi connectivity index (χ4v) is 1.79. The Balaban J connectivity index is 3.40. The molecule has 0 saturated carbocycles. The van der Waals surface area contributed by atoms with Crippen molar-refractivity contribution in [1.29, 1.82) is 0 Å². The highest BCUT2D eigenvalue weighted by Crippen LogP contribution is 2.41. The second-order valence-corrected chi connectivity index (χ2v) is 6.55. The summed E-state index contributed by atoms with van der Waals surface area (Å²) < 4.78 is 28.2. The van der Waals surface area contributed by atoms with E-state index in [0.29, 0.717) is 5.56 Å². The molecule has 0 radical (unpaired) electrons. The van der Waals surface area contributed by atoms with Crippen molar-refractivity contribution in [3.63, 3.8) is 0 Å². The Bertz CT molecular complexity index is 442. The van der Waals surface area contributed by atoms with Crippen LogP contribution in [0.1, 0.15) is 45.7 Å². The maximum Gasteiger partial charge on any atom is 0.300 e. The first-order valence-electron chi connectivity index (χ1n) is 5.77. The highest BCUT2D eigenvalue weighted by Gasteiger charge is 2.47. The van der Waals surface area contributed by atoms with Gasteiger partial charge in [0.1, 0.15) is 5.60 Å². The average molecular weight is 277 g/mol. The standard InChI is InChI=1S/C14H19ClF2O/c1-12(2,3)9-6-10(8-11(15)7-9)14(16,17)13(4,5)18/h6-8,18H,1-5H3. The van der Waals surface area contributed by atoms with Crippen LogP contribution in [0, 0.1) is 0 Å². The van der Waals surface area contributed by atoms with Gasteiger partial charge in [-0.25, -0.2) is 0 Å². The highest BCUT2D eigenvalue weighted by molar-refractivity contribution is 6.30. The summed E-state index contributed by atoms with van der Waals surface area (Å²) in [6, 6.07) is 4.28. The third kappa shape index (κ3) is 3.01. The zero-order valence-electron chi connectivity index (χ0n) is 11.3. The van der Waals surface area contributed by atoms with Crippen molar-refractivity contribution in [3.05, 3.63) is 34.3 Å². The van der Waals surface area contributed by atoms with Crippen LogP contribution in [0.15, 0.2) is 18.2 Å². The monoisotopic (exact) mass is 276 g/mol. The predicted molar refractivity (Wildman–Crippen MR) is 70.3 cm³/mol. The van der Waals surface area contributed by atoms with E-state index < -0.39 is 11.5 Å². The Labute approximate surface area is 112 Å². The fourth-order valence-electron chi connectivity index (χ4n) is 1.56.